The smallest absolute Gasteiger partial charge is 0.351 e. The number of guanidine groups is 1. The summed E-state index contributed by atoms with van der Waals surface area (Å²) in [5.74, 6) is -1.68. The van der Waals surface area contributed by atoms with Gasteiger partial charge in [-0.2, -0.15) is 13.2 Å². The van der Waals surface area contributed by atoms with Crippen LogP contribution in [0, 0.1) is 17.8 Å². The molecule has 184 valence electrons. The van der Waals surface area contributed by atoms with Crippen molar-refractivity contribution < 1.29 is 18.0 Å². The SMILES string of the molecule is CC(C)(C)N/C(=N\C1CC(C2CCCC(Cl)C2)NN1)NC(=O)C1CCCC(C(F)(F)F)C1. The fourth-order valence-corrected chi connectivity index (χ4v) is 5.42. The second-order valence-electron chi connectivity index (χ2n) is 10.6. The molecule has 2 aliphatic carbocycles. The number of hydrazine groups is 1. The van der Waals surface area contributed by atoms with Gasteiger partial charge in [-0.3, -0.25) is 15.5 Å². The van der Waals surface area contributed by atoms with E-state index in [0.717, 1.165) is 32.1 Å². The van der Waals surface area contributed by atoms with E-state index in [4.69, 9.17) is 11.6 Å². The van der Waals surface area contributed by atoms with E-state index in [1.54, 1.807) is 0 Å². The van der Waals surface area contributed by atoms with Crippen LogP contribution in [0.15, 0.2) is 4.99 Å². The quantitative estimate of drug-likeness (QED) is 0.278. The van der Waals surface area contributed by atoms with Gasteiger partial charge in [-0.15, -0.1) is 11.6 Å². The molecule has 1 aliphatic heterocycles. The molecule has 0 aromatic heterocycles. The molecule has 1 amide bonds. The molecule has 32 heavy (non-hydrogen) atoms. The van der Waals surface area contributed by atoms with E-state index in [9.17, 15) is 18.0 Å². The summed E-state index contributed by atoms with van der Waals surface area (Å²) >= 11 is 6.35. The first-order valence-corrected chi connectivity index (χ1v) is 12.2. The third kappa shape index (κ3) is 7.48. The number of aliphatic imine (C=N–C) groups is 1. The van der Waals surface area contributed by atoms with Crippen LogP contribution in [0.2, 0.25) is 0 Å². The zero-order valence-corrected chi connectivity index (χ0v) is 20.0. The maximum atomic E-state index is 13.2. The Balaban J connectivity index is 1.63. The van der Waals surface area contributed by atoms with Crippen LogP contribution in [0.3, 0.4) is 0 Å². The highest BCUT2D eigenvalue weighted by Gasteiger charge is 2.43. The molecule has 6 unspecified atom stereocenters. The fourth-order valence-electron chi connectivity index (χ4n) is 5.04. The van der Waals surface area contributed by atoms with Crippen LogP contribution in [-0.2, 0) is 4.79 Å². The Hall–Kier alpha value is -1.06. The Kier molecular flexibility index (Phi) is 8.36. The van der Waals surface area contributed by atoms with Gasteiger partial charge in [0.1, 0.15) is 6.17 Å². The van der Waals surface area contributed by atoms with Crippen LogP contribution in [0.5, 0.6) is 0 Å². The first-order valence-electron chi connectivity index (χ1n) is 11.8. The molecule has 2 saturated carbocycles. The number of carbonyl (C=O) groups is 1. The second kappa shape index (κ2) is 10.5. The Morgan fingerprint density at radius 3 is 2.38 bits per heavy atom. The van der Waals surface area contributed by atoms with E-state index >= 15 is 0 Å². The van der Waals surface area contributed by atoms with Gasteiger partial charge in [0, 0.05) is 29.3 Å². The van der Waals surface area contributed by atoms with Crippen molar-refractivity contribution in [2.75, 3.05) is 0 Å². The standard InChI is InChI=1S/C22H37ClF3N5O/c1-21(2,3)29-20(28-19(32)14-7-4-8-15(10-14)22(24,25)26)27-18-12-17(30-31-18)13-6-5-9-16(23)11-13/h13-18,30-31H,4-12H2,1-3H3,(H2,27,28,29,32). The van der Waals surface area contributed by atoms with Crippen molar-refractivity contribution in [2.45, 2.75) is 108 Å². The van der Waals surface area contributed by atoms with Crippen molar-refractivity contribution in [1.82, 2.24) is 21.5 Å². The molecule has 1 heterocycles. The van der Waals surface area contributed by atoms with Gasteiger partial charge in [-0.1, -0.05) is 12.8 Å². The molecule has 0 aromatic carbocycles. The minimum Gasteiger partial charge on any atom is -0.351 e. The first-order chi connectivity index (χ1) is 14.9. The first kappa shape index (κ1) is 25.6. The summed E-state index contributed by atoms with van der Waals surface area (Å²) in [4.78, 5) is 17.5. The average Bonchev–Trinajstić information content (AvgIpc) is 3.14. The van der Waals surface area contributed by atoms with Gasteiger partial charge in [-0.05, 0) is 65.2 Å². The summed E-state index contributed by atoms with van der Waals surface area (Å²) in [5.41, 5.74) is 6.15. The summed E-state index contributed by atoms with van der Waals surface area (Å²) in [7, 11) is 0. The third-order valence-corrected chi connectivity index (χ3v) is 7.06. The summed E-state index contributed by atoms with van der Waals surface area (Å²) in [6.07, 6.45) is 1.36. The molecule has 10 heteroatoms. The van der Waals surface area contributed by atoms with Gasteiger partial charge in [0.2, 0.25) is 5.91 Å². The lowest BCUT2D eigenvalue weighted by atomic mass is 9.80. The van der Waals surface area contributed by atoms with E-state index < -0.39 is 23.9 Å². The molecule has 3 rings (SSSR count). The van der Waals surface area contributed by atoms with Gasteiger partial charge in [0.25, 0.3) is 0 Å². The highest BCUT2D eigenvalue weighted by molar-refractivity contribution is 6.20. The van der Waals surface area contributed by atoms with Crippen molar-refractivity contribution in [3.05, 3.63) is 0 Å². The highest BCUT2D eigenvalue weighted by atomic mass is 35.5. The molecule has 1 saturated heterocycles. The third-order valence-electron chi connectivity index (χ3n) is 6.66. The van der Waals surface area contributed by atoms with Crippen LogP contribution in [0.4, 0.5) is 13.2 Å². The Morgan fingerprint density at radius 2 is 1.72 bits per heavy atom. The molecule has 0 bridgehead atoms. The lowest BCUT2D eigenvalue weighted by Crippen LogP contribution is -2.52. The monoisotopic (exact) mass is 479 g/mol. The normalized spacial score (nSPS) is 34.9. The maximum Gasteiger partial charge on any atom is 0.391 e. The molecule has 0 aromatic rings. The molecule has 0 spiro atoms. The lowest BCUT2D eigenvalue weighted by Gasteiger charge is -2.31. The van der Waals surface area contributed by atoms with Crippen molar-refractivity contribution >= 4 is 23.5 Å². The highest BCUT2D eigenvalue weighted by Crippen LogP contribution is 2.40. The van der Waals surface area contributed by atoms with E-state index in [0.29, 0.717) is 24.7 Å². The zero-order chi connectivity index (χ0) is 23.5. The van der Waals surface area contributed by atoms with Gasteiger partial charge in [0.05, 0.1) is 5.92 Å². The van der Waals surface area contributed by atoms with Crippen molar-refractivity contribution in [3.63, 3.8) is 0 Å². The molecule has 0 radical (unpaired) electrons. The Morgan fingerprint density at radius 1 is 1.00 bits per heavy atom. The number of amides is 1. The molecule has 3 aliphatic rings. The lowest BCUT2D eigenvalue weighted by molar-refractivity contribution is -0.186. The summed E-state index contributed by atoms with van der Waals surface area (Å²) in [5, 5.41) is 6.20. The fraction of sp³-hybridized carbons (Fsp3) is 0.909. The molecule has 4 N–H and O–H groups in total. The molecule has 3 fully saturated rings. The number of rotatable bonds is 3. The Bertz CT molecular complexity index is 681. The van der Waals surface area contributed by atoms with E-state index in [2.05, 4.69) is 26.5 Å². The molecule has 6 nitrogen and oxygen atoms in total. The number of alkyl halides is 4. The van der Waals surface area contributed by atoms with Crippen LogP contribution >= 0.6 is 11.6 Å². The maximum absolute atomic E-state index is 13.2. The average molecular weight is 480 g/mol. The number of hydrogen-bond acceptors (Lipinski definition) is 4. The number of hydrogen-bond donors (Lipinski definition) is 4. The van der Waals surface area contributed by atoms with Gasteiger partial charge in [0.15, 0.2) is 5.96 Å². The van der Waals surface area contributed by atoms with Gasteiger partial charge in [-0.25, -0.2) is 10.4 Å². The largest absolute Gasteiger partial charge is 0.391 e. The summed E-state index contributed by atoms with van der Waals surface area (Å²) < 4.78 is 39.5. The second-order valence-corrected chi connectivity index (χ2v) is 11.2. The minimum absolute atomic E-state index is 0.0951. The van der Waals surface area contributed by atoms with Gasteiger partial charge >= 0.3 is 6.18 Å². The van der Waals surface area contributed by atoms with Crippen LogP contribution < -0.4 is 21.5 Å². The summed E-state index contributed by atoms with van der Waals surface area (Å²) in [6, 6.07) is 0.253. The molecule has 6 atom stereocenters. The van der Waals surface area contributed by atoms with E-state index in [-0.39, 0.29) is 36.0 Å². The van der Waals surface area contributed by atoms with E-state index in [1.807, 2.05) is 20.8 Å². The summed E-state index contributed by atoms with van der Waals surface area (Å²) in [6.45, 7) is 5.84. The predicted molar refractivity (Wildman–Crippen MR) is 120 cm³/mol. The Labute approximate surface area is 193 Å². The topological polar surface area (TPSA) is 77.6 Å². The number of nitrogens with one attached hydrogen (secondary N) is 4. The van der Waals surface area contributed by atoms with Crippen LogP contribution in [-0.4, -0.2) is 41.2 Å². The van der Waals surface area contributed by atoms with Gasteiger partial charge < -0.3 is 5.32 Å². The molecular weight excluding hydrogens is 443 g/mol. The number of carbonyl (C=O) groups excluding carboxylic acids is 1. The number of halogens is 4. The van der Waals surface area contributed by atoms with E-state index in [1.165, 1.54) is 0 Å². The zero-order valence-electron chi connectivity index (χ0n) is 19.2. The van der Waals surface area contributed by atoms with Crippen molar-refractivity contribution in [3.8, 4) is 0 Å². The van der Waals surface area contributed by atoms with Crippen LogP contribution in [0.25, 0.3) is 0 Å². The van der Waals surface area contributed by atoms with Crippen molar-refractivity contribution in [1.29, 1.82) is 0 Å². The number of nitrogens with zero attached hydrogens (tertiary/aromatic N) is 1. The van der Waals surface area contributed by atoms with Crippen molar-refractivity contribution in [2.24, 2.45) is 22.7 Å². The molecular formula is C22H37ClF3N5O. The van der Waals surface area contributed by atoms with Crippen LogP contribution in [0.1, 0.15) is 78.6 Å². The predicted octanol–water partition coefficient (Wildman–Crippen LogP) is 4.21. The minimum atomic E-state index is -4.25.